The van der Waals surface area contributed by atoms with E-state index >= 15 is 0 Å². The lowest BCUT2D eigenvalue weighted by Crippen LogP contribution is -2.39. The van der Waals surface area contributed by atoms with E-state index in [0.29, 0.717) is 25.9 Å². The lowest BCUT2D eigenvalue weighted by atomic mass is 10.2. The van der Waals surface area contributed by atoms with Crippen LogP contribution in [0.5, 0.6) is 5.75 Å². The van der Waals surface area contributed by atoms with Gasteiger partial charge in [-0.2, -0.15) is 0 Å². The summed E-state index contributed by atoms with van der Waals surface area (Å²) in [4.78, 5) is 4.19. The molecule has 1 saturated heterocycles. The molecule has 0 bridgehead atoms. The molecule has 0 amide bonds. The van der Waals surface area contributed by atoms with Crippen LogP contribution in [-0.2, 0) is 9.47 Å². The largest absolute Gasteiger partial charge is 0.492 e. The molecule has 1 aromatic carbocycles. The molecule has 1 heterocycles. The summed E-state index contributed by atoms with van der Waals surface area (Å²) in [5.41, 5.74) is 0. The van der Waals surface area contributed by atoms with Crippen LogP contribution in [0.15, 0.2) is 35.3 Å². The molecule has 134 valence electrons. The number of nitrogens with one attached hydrogen (secondary N) is 2. The van der Waals surface area contributed by atoms with Gasteiger partial charge in [0, 0.05) is 26.8 Å². The first-order valence-electron chi connectivity index (χ1n) is 8.70. The van der Waals surface area contributed by atoms with Gasteiger partial charge in [0.15, 0.2) is 5.96 Å². The van der Waals surface area contributed by atoms with Gasteiger partial charge in [0.1, 0.15) is 12.4 Å². The second-order valence-corrected chi connectivity index (χ2v) is 5.65. The number of aliphatic imine (C=N–C) groups is 1. The Hall–Kier alpha value is -1.79. The quantitative estimate of drug-likeness (QED) is 0.388. The number of guanidine groups is 1. The second-order valence-electron chi connectivity index (χ2n) is 5.65. The zero-order chi connectivity index (χ0) is 16.9. The molecule has 1 aromatic rings. The van der Waals surface area contributed by atoms with Gasteiger partial charge in [0.2, 0.25) is 0 Å². The molecule has 1 unspecified atom stereocenters. The maximum Gasteiger partial charge on any atom is 0.191 e. The number of hydrogen-bond donors (Lipinski definition) is 2. The number of para-hydroxylation sites is 1. The Morgan fingerprint density at radius 2 is 2.04 bits per heavy atom. The van der Waals surface area contributed by atoms with Gasteiger partial charge in [-0.3, -0.25) is 4.99 Å². The minimum Gasteiger partial charge on any atom is -0.492 e. The highest BCUT2D eigenvalue weighted by Crippen LogP contribution is 2.11. The number of nitrogens with zero attached hydrogens (tertiary/aromatic N) is 1. The van der Waals surface area contributed by atoms with Crippen LogP contribution in [0.1, 0.15) is 19.3 Å². The molecule has 0 aromatic heterocycles. The monoisotopic (exact) mass is 335 g/mol. The van der Waals surface area contributed by atoms with Crippen molar-refractivity contribution in [2.75, 3.05) is 46.6 Å². The highest BCUT2D eigenvalue weighted by atomic mass is 16.5. The van der Waals surface area contributed by atoms with Crippen LogP contribution in [0, 0.1) is 0 Å². The fraction of sp³-hybridized carbons (Fsp3) is 0.611. The zero-order valence-electron chi connectivity index (χ0n) is 14.5. The minimum atomic E-state index is 0.303. The summed E-state index contributed by atoms with van der Waals surface area (Å²) in [6.45, 7) is 4.44. The predicted molar refractivity (Wildman–Crippen MR) is 95.7 cm³/mol. The topological polar surface area (TPSA) is 64.1 Å². The van der Waals surface area contributed by atoms with Crippen LogP contribution < -0.4 is 15.4 Å². The van der Waals surface area contributed by atoms with E-state index in [9.17, 15) is 0 Å². The van der Waals surface area contributed by atoms with Gasteiger partial charge in [0.05, 0.1) is 19.3 Å². The molecule has 6 nitrogen and oxygen atoms in total. The van der Waals surface area contributed by atoms with Crippen molar-refractivity contribution in [1.29, 1.82) is 0 Å². The van der Waals surface area contributed by atoms with Crippen molar-refractivity contribution >= 4 is 5.96 Å². The van der Waals surface area contributed by atoms with Crippen molar-refractivity contribution in [3.63, 3.8) is 0 Å². The second kappa shape index (κ2) is 11.7. The normalized spacial score (nSPS) is 17.7. The number of benzene rings is 1. The lowest BCUT2D eigenvalue weighted by molar-refractivity contribution is 0.0168. The molecule has 1 fully saturated rings. The van der Waals surface area contributed by atoms with E-state index in [1.165, 1.54) is 0 Å². The van der Waals surface area contributed by atoms with Crippen molar-refractivity contribution in [1.82, 2.24) is 10.6 Å². The Kier molecular flexibility index (Phi) is 9.04. The molecule has 0 radical (unpaired) electrons. The highest BCUT2D eigenvalue weighted by Gasteiger charge is 2.14. The SMILES string of the molecule is CN=C(NCCCOCC1CCCO1)NCCOc1ccccc1. The van der Waals surface area contributed by atoms with E-state index in [-0.39, 0.29) is 0 Å². The minimum absolute atomic E-state index is 0.303. The summed E-state index contributed by atoms with van der Waals surface area (Å²) in [5.74, 6) is 1.66. The molecule has 1 aliphatic rings. The molecule has 1 atom stereocenters. The van der Waals surface area contributed by atoms with Crippen molar-refractivity contribution in [2.24, 2.45) is 4.99 Å². The van der Waals surface area contributed by atoms with E-state index in [0.717, 1.165) is 50.7 Å². The van der Waals surface area contributed by atoms with Gasteiger partial charge >= 0.3 is 0 Å². The summed E-state index contributed by atoms with van der Waals surface area (Å²) in [6.07, 6.45) is 3.52. The van der Waals surface area contributed by atoms with Gasteiger partial charge in [-0.1, -0.05) is 18.2 Å². The van der Waals surface area contributed by atoms with Crippen LogP contribution in [0.2, 0.25) is 0 Å². The van der Waals surface area contributed by atoms with E-state index in [1.807, 2.05) is 30.3 Å². The Labute approximate surface area is 144 Å². The third-order valence-electron chi connectivity index (χ3n) is 3.72. The van der Waals surface area contributed by atoms with Crippen LogP contribution in [0.3, 0.4) is 0 Å². The summed E-state index contributed by atoms with van der Waals surface area (Å²) >= 11 is 0. The Balaban J connectivity index is 1.45. The highest BCUT2D eigenvalue weighted by molar-refractivity contribution is 5.79. The van der Waals surface area contributed by atoms with Gasteiger partial charge in [0.25, 0.3) is 0 Å². The summed E-state index contributed by atoms with van der Waals surface area (Å²) in [7, 11) is 1.77. The summed E-state index contributed by atoms with van der Waals surface area (Å²) in [5, 5.41) is 6.50. The lowest BCUT2D eigenvalue weighted by Gasteiger charge is -2.13. The molecule has 0 saturated carbocycles. The number of hydrogen-bond acceptors (Lipinski definition) is 4. The third kappa shape index (κ3) is 7.66. The van der Waals surface area contributed by atoms with Gasteiger partial charge in [-0.25, -0.2) is 0 Å². The zero-order valence-corrected chi connectivity index (χ0v) is 14.5. The molecule has 0 spiro atoms. The molecule has 24 heavy (non-hydrogen) atoms. The van der Waals surface area contributed by atoms with Crippen LogP contribution >= 0.6 is 0 Å². The Morgan fingerprint density at radius 3 is 2.79 bits per heavy atom. The van der Waals surface area contributed by atoms with Gasteiger partial charge in [-0.15, -0.1) is 0 Å². The van der Waals surface area contributed by atoms with Crippen molar-refractivity contribution in [3.8, 4) is 5.75 Å². The fourth-order valence-electron chi connectivity index (χ4n) is 2.45. The summed E-state index contributed by atoms with van der Waals surface area (Å²) < 4.78 is 16.8. The first-order valence-corrected chi connectivity index (χ1v) is 8.70. The van der Waals surface area contributed by atoms with E-state index in [2.05, 4.69) is 15.6 Å². The van der Waals surface area contributed by atoms with E-state index in [4.69, 9.17) is 14.2 Å². The van der Waals surface area contributed by atoms with Gasteiger partial charge < -0.3 is 24.8 Å². The van der Waals surface area contributed by atoms with E-state index < -0.39 is 0 Å². The number of ether oxygens (including phenoxy) is 3. The van der Waals surface area contributed by atoms with Crippen molar-refractivity contribution < 1.29 is 14.2 Å². The van der Waals surface area contributed by atoms with E-state index in [1.54, 1.807) is 7.05 Å². The average Bonchev–Trinajstić information content (AvgIpc) is 3.14. The van der Waals surface area contributed by atoms with Gasteiger partial charge in [-0.05, 0) is 31.4 Å². The number of rotatable bonds is 10. The maximum atomic E-state index is 5.64. The standard InChI is InChI=1S/C18H29N3O3/c1-19-18(21-11-14-24-16-7-3-2-4-8-16)20-10-6-12-22-15-17-9-5-13-23-17/h2-4,7-8,17H,5-6,9-15H2,1H3,(H2,19,20,21). The van der Waals surface area contributed by atoms with Crippen molar-refractivity contribution in [3.05, 3.63) is 30.3 Å². The molecule has 0 aliphatic carbocycles. The average molecular weight is 335 g/mol. The van der Waals surface area contributed by atoms with Crippen LogP contribution in [-0.4, -0.2) is 58.6 Å². The molecule has 2 rings (SSSR count). The smallest absolute Gasteiger partial charge is 0.191 e. The predicted octanol–water partition coefficient (Wildman–Crippen LogP) is 1.82. The molecule has 1 aliphatic heterocycles. The molecular formula is C18H29N3O3. The van der Waals surface area contributed by atoms with Crippen LogP contribution in [0.25, 0.3) is 0 Å². The first kappa shape index (κ1) is 18.5. The maximum absolute atomic E-state index is 5.64. The first-order chi connectivity index (χ1) is 11.9. The Morgan fingerprint density at radius 1 is 1.21 bits per heavy atom. The molecular weight excluding hydrogens is 306 g/mol. The third-order valence-corrected chi connectivity index (χ3v) is 3.72. The Bertz CT molecular complexity index is 462. The fourth-order valence-corrected chi connectivity index (χ4v) is 2.45. The summed E-state index contributed by atoms with van der Waals surface area (Å²) in [6, 6.07) is 9.79. The van der Waals surface area contributed by atoms with Crippen LogP contribution in [0.4, 0.5) is 0 Å². The molecule has 6 heteroatoms. The molecule has 2 N–H and O–H groups in total. The van der Waals surface area contributed by atoms with Crippen molar-refractivity contribution in [2.45, 2.75) is 25.4 Å².